The van der Waals surface area contributed by atoms with E-state index in [0.717, 1.165) is 41.5 Å². The molecule has 0 spiro atoms. The van der Waals surface area contributed by atoms with Gasteiger partial charge in [-0.15, -0.1) is 0 Å². The molecule has 10 unspecified atom stereocenters. The van der Waals surface area contributed by atoms with E-state index in [9.17, 15) is 192 Å². The van der Waals surface area contributed by atoms with Gasteiger partial charge in [-0.3, -0.25) is 28.8 Å². The van der Waals surface area contributed by atoms with E-state index < -0.39 is 457 Å². The molecule has 55 atom stereocenters. The Kier molecular flexibility index (Phi) is 44.5. The second-order valence-corrected chi connectivity index (χ2v) is 36.5. The van der Waals surface area contributed by atoms with E-state index in [1.807, 2.05) is 0 Å². The van der Waals surface area contributed by atoms with Gasteiger partial charge in [0.15, 0.2) is 56.6 Å². The van der Waals surface area contributed by atoms with Crippen LogP contribution in [0.5, 0.6) is 0 Å². The second kappa shape index (κ2) is 53.2. The van der Waals surface area contributed by atoms with E-state index >= 15 is 0 Å². The Hall–Kier alpha value is -5.71. The van der Waals surface area contributed by atoms with Crippen LogP contribution in [0.15, 0.2) is 0 Å². The predicted octanol–water partition coefficient (Wildman–Crippen LogP) is -24.2. The molecule has 0 saturated carbocycles. The molecule has 10 aliphatic rings. The van der Waals surface area contributed by atoms with E-state index in [1.165, 1.54) is 6.92 Å². The summed E-state index contributed by atoms with van der Waals surface area (Å²) in [6, 6.07) is -11.9. The van der Waals surface area contributed by atoms with Gasteiger partial charge >= 0.3 is 5.97 Å². The zero-order valence-corrected chi connectivity index (χ0v) is 78.5. The summed E-state index contributed by atoms with van der Waals surface area (Å²) < 4.78 is 121. The molecule has 64 heteroatoms. The molecule has 0 aromatic carbocycles. The maximum Gasteiger partial charge on any atom is 0.364 e. The summed E-state index contributed by atoms with van der Waals surface area (Å²) in [6.45, 7) is -7.21. The van der Waals surface area contributed by atoms with Crippen molar-refractivity contribution in [3.63, 3.8) is 0 Å². The monoisotopic (exact) mass is 2120 g/mol. The Morgan fingerprint density at radius 1 is 0.331 bits per heavy atom. The molecule has 0 aromatic heterocycles. The van der Waals surface area contributed by atoms with E-state index in [-0.39, 0.29) is 0 Å². The van der Waals surface area contributed by atoms with E-state index in [2.05, 4.69) is 31.9 Å². The van der Waals surface area contributed by atoms with Crippen LogP contribution in [-0.2, 0) is 128 Å². The molecular weight excluding hydrogens is 1980 g/mol. The largest absolute Gasteiger partial charge is 0.477 e. The van der Waals surface area contributed by atoms with Gasteiger partial charge in [-0.1, -0.05) is 0 Å². The third-order valence-electron chi connectivity index (χ3n) is 26.0. The molecule has 10 fully saturated rings. The number of rotatable bonds is 43. The topological polar surface area (TPSA) is 1000 Å². The minimum absolute atomic E-state index is 0.843. The van der Waals surface area contributed by atoms with Crippen molar-refractivity contribution in [2.75, 3.05) is 72.7 Å². The number of hydrogen-bond acceptors (Lipinski definition) is 57. The minimum Gasteiger partial charge on any atom is -0.477 e. The molecule has 838 valence electrons. The fourth-order valence-corrected chi connectivity index (χ4v) is 18.3. The first-order valence-corrected chi connectivity index (χ1v) is 46.0. The molecule has 10 rings (SSSR count). The van der Waals surface area contributed by atoms with Crippen molar-refractivity contribution in [3.05, 3.63) is 0 Å². The first-order chi connectivity index (χ1) is 68.3. The summed E-state index contributed by atoms with van der Waals surface area (Å²) in [4.78, 5) is 90.8. The van der Waals surface area contributed by atoms with Crippen LogP contribution in [-0.4, -0.2) is 609 Å². The van der Waals surface area contributed by atoms with Gasteiger partial charge in [-0.25, -0.2) is 4.79 Å². The summed E-state index contributed by atoms with van der Waals surface area (Å²) in [5.74, 6) is -11.2. The lowest BCUT2D eigenvalue weighted by Gasteiger charge is -2.52. The summed E-state index contributed by atoms with van der Waals surface area (Å²) in [5.41, 5.74) is 0. The quantitative estimate of drug-likeness (QED) is 0.0270. The molecule has 0 aliphatic carbocycles. The maximum absolute atomic E-state index is 13.5. The number of aliphatic carboxylic acids is 1. The highest BCUT2D eigenvalue weighted by Gasteiger charge is 2.64. The standard InChI is InChI=1S/C81H136N6O58/c1-20-44(105)56(117)60(121)75(129-20)126-17-30(104)63(45(106)27(9-88)82-21(2)96)138-73-42(86-25(6)100)54(115)65(36(16-95)134-73)140-77-62(123)68(142-79-70(59(120)50(111)34(14-93)133-79)144-72-41(85-24(5)99)53(114)48(109)32(12-91)131-72)66(141-71-40(84-23(4)98)52(113)47(108)31(11-90)130-71)38(137-77)18-127-78-69(58(119)49(110)33(13-92)132-78)143-74-43(87-26(7)101)55(116)64(35(15-94)135-74)139-76-61(122)57(118)51(112)37(136-76)19-128-81(80(124)125)8-28(102)39(83-22(3)97)67(145-81)46(107)29(103)10-89/h20,27-79,88-95,102-123H,8-19H2,1-7H3,(H,82,96)(H,83,97)(H,84,98)(H,85,99)(H,86,100)(H,87,101)(H,124,125)/t20-,27-,28-,29+,30+,31+,32+,33+,34+,35+,36+,37+,38+,39+,40+,41+,42+,43+,44+,45+,46+,47+,48+,49+,50+,51-,52+,53+,54+,55+,56+,57-,58-,59-,60-,61+,62-,63+,64+,65+,66+,67+,68+,69-,70-,71?,72?,73?,74?,75?,76?,77?,78?,79?,81?/m0/s1. The number of ether oxygens (including phenoxy) is 20. The molecule has 10 saturated heterocycles. The van der Waals surface area contributed by atoms with Gasteiger partial charge in [0, 0.05) is 48.0 Å². The van der Waals surface area contributed by atoms with Gasteiger partial charge in [0.05, 0.1) is 97.0 Å². The SMILES string of the molecule is CC(=O)N[C@H]1[C@H]([C@H](O)[C@H](O)CO)OC(OC[C@H]2OC(O[C@H]3[C@H](O)[C@@H](NC(C)=O)C(O[C@@H]4C(OC[C@H]5OC(O[C@H]6[C@H](O)[C@@H](NC(C)=O)C(O[C@@H]([C@H](O)[C@H](CO)NC(C)=O)[C@H](O)COC7O[C@@H](C)[C@@H](O)[C@@H](O)[C@@H]7O)O[C@@H]6CO)[C@@H](O)[C@@H](OC6O[C@H](CO)[C@@H](O)[C@H](O)[C@@H]6OC6O[C@H](CO)[C@@H](O)[C@H](O)[C@H]6NC(C)=O)[C@@H]5OC5O[C@H](CO)[C@@H](O)[C@H](O)[C@H]5NC(C)=O)O[C@H](CO)[C@@H](O)[C@@H]4O)O[C@@H]3CO)[C@H](O)[C@@H](O)[C@H]2O)(C(=O)O)C[C@@H]1O. The number of carboxylic acid groups (broad SMARTS) is 1. The average molecular weight is 2120 g/mol. The third-order valence-corrected chi connectivity index (χ3v) is 26.0. The Morgan fingerprint density at radius 2 is 0.703 bits per heavy atom. The second-order valence-electron chi connectivity index (χ2n) is 36.5. The summed E-state index contributed by atoms with van der Waals surface area (Å²) >= 11 is 0. The van der Waals surface area contributed by atoms with Crippen LogP contribution in [0.25, 0.3) is 0 Å². The van der Waals surface area contributed by atoms with Crippen molar-refractivity contribution in [3.8, 4) is 0 Å². The fraction of sp³-hybridized carbons (Fsp3) is 0.914. The van der Waals surface area contributed by atoms with Gasteiger partial charge in [-0.05, 0) is 6.92 Å². The Morgan fingerprint density at radius 3 is 1.16 bits per heavy atom. The number of amides is 6. The Labute approximate surface area is 821 Å². The lowest BCUT2D eigenvalue weighted by molar-refractivity contribution is -0.407. The summed E-state index contributed by atoms with van der Waals surface area (Å²) in [6.07, 6.45) is -110. The highest BCUT2D eigenvalue weighted by molar-refractivity contribution is 5.77. The zero-order chi connectivity index (χ0) is 108. The molecule has 145 heavy (non-hydrogen) atoms. The average Bonchev–Trinajstić information content (AvgIpc) is 0.758. The maximum atomic E-state index is 13.5. The minimum atomic E-state index is -3.14. The molecule has 10 aliphatic heterocycles. The molecular formula is C81H136N6O58. The van der Waals surface area contributed by atoms with Crippen LogP contribution in [0.4, 0.5) is 0 Å². The number of nitrogens with one attached hydrogen (secondary N) is 6. The normalized spacial score (nSPS) is 44.9. The molecule has 0 radical (unpaired) electrons. The number of hydrogen-bond donors (Lipinski definition) is 37. The number of carbonyl (C=O) groups excluding carboxylic acids is 6. The molecule has 0 aromatic rings. The van der Waals surface area contributed by atoms with Crippen molar-refractivity contribution in [1.29, 1.82) is 0 Å². The van der Waals surface area contributed by atoms with Gasteiger partial charge in [0.2, 0.25) is 35.4 Å². The van der Waals surface area contributed by atoms with Gasteiger partial charge in [0.1, 0.15) is 250 Å². The van der Waals surface area contributed by atoms with Crippen molar-refractivity contribution >= 4 is 41.4 Å². The zero-order valence-electron chi connectivity index (χ0n) is 78.5. The smallest absolute Gasteiger partial charge is 0.364 e. The van der Waals surface area contributed by atoms with E-state index in [0.29, 0.717) is 0 Å². The third kappa shape index (κ3) is 28.1. The van der Waals surface area contributed by atoms with Gasteiger partial charge in [0.25, 0.3) is 5.79 Å². The fourth-order valence-electron chi connectivity index (χ4n) is 18.3. The first-order valence-electron chi connectivity index (χ1n) is 46.0. The molecule has 37 N–H and O–H groups in total. The van der Waals surface area contributed by atoms with Crippen molar-refractivity contribution in [1.82, 2.24) is 31.9 Å². The molecule has 10 heterocycles. The van der Waals surface area contributed by atoms with Gasteiger partial charge in [-0.2, -0.15) is 0 Å². The number of aliphatic hydroxyl groups excluding tert-OH is 30. The molecule has 64 nitrogen and oxygen atoms in total. The number of carboxylic acids is 1. The van der Waals surface area contributed by atoms with Crippen molar-refractivity contribution in [2.45, 2.75) is 392 Å². The van der Waals surface area contributed by atoms with Crippen molar-refractivity contribution in [2.24, 2.45) is 0 Å². The van der Waals surface area contributed by atoms with Crippen LogP contribution in [0.1, 0.15) is 54.9 Å². The van der Waals surface area contributed by atoms with E-state index in [4.69, 9.17) is 94.7 Å². The predicted molar refractivity (Wildman–Crippen MR) is 450 cm³/mol. The highest BCUT2D eigenvalue weighted by atomic mass is 16.8. The van der Waals surface area contributed by atoms with Crippen LogP contribution < -0.4 is 31.9 Å². The first kappa shape index (κ1) is 121. The van der Waals surface area contributed by atoms with Gasteiger partial charge < -0.3 is 285 Å². The Balaban J connectivity index is 1.05. The van der Waals surface area contributed by atoms with E-state index in [1.54, 1.807) is 0 Å². The number of aliphatic hydroxyl groups is 30. The van der Waals surface area contributed by atoms with Crippen LogP contribution in [0, 0.1) is 0 Å². The highest BCUT2D eigenvalue weighted by Crippen LogP contribution is 2.43. The van der Waals surface area contributed by atoms with Crippen LogP contribution >= 0.6 is 0 Å². The van der Waals surface area contributed by atoms with Crippen LogP contribution in [0.3, 0.4) is 0 Å². The summed E-state index contributed by atoms with van der Waals surface area (Å²) in [5, 5.41) is 365. The van der Waals surface area contributed by atoms with Crippen molar-refractivity contribution < 1.29 is 287 Å². The lowest BCUT2D eigenvalue weighted by Crippen LogP contribution is -2.71. The summed E-state index contributed by atoms with van der Waals surface area (Å²) in [7, 11) is 0. The molecule has 6 amide bonds. The number of carbonyl (C=O) groups is 7. The van der Waals surface area contributed by atoms with Crippen LogP contribution in [0.2, 0.25) is 0 Å². The lowest BCUT2D eigenvalue weighted by atomic mass is 9.88. The molecule has 0 bridgehead atoms. The Bertz CT molecular complexity index is 4090.